The fourth-order valence-electron chi connectivity index (χ4n) is 2.45. The number of hydrogen-bond acceptors (Lipinski definition) is 6. The molecule has 0 unspecified atom stereocenters. The number of carbonyl (C=O) groups is 1. The number of rotatable bonds is 6. The highest BCUT2D eigenvalue weighted by molar-refractivity contribution is 7.92. The van der Waals surface area contributed by atoms with Gasteiger partial charge < -0.3 is 4.74 Å². The first kappa shape index (κ1) is 22.8. The van der Waals surface area contributed by atoms with Crippen LogP contribution in [0.15, 0.2) is 40.1 Å². The molecule has 0 aliphatic rings. The molecule has 0 radical (unpaired) electrons. The van der Waals surface area contributed by atoms with Crippen LogP contribution in [0.5, 0.6) is 0 Å². The Hall–Kier alpha value is -2.50. The highest BCUT2D eigenvalue weighted by Crippen LogP contribution is 2.28. The average Bonchev–Trinajstić information content (AvgIpc) is 2.64. The van der Waals surface area contributed by atoms with Gasteiger partial charge in [-0.25, -0.2) is 30.3 Å². The Morgan fingerprint density at radius 1 is 1.07 bits per heavy atom. The molecule has 0 bridgehead atoms. The molecule has 29 heavy (non-hydrogen) atoms. The van der Waals surface area contributed by atoms with Crippen molar-refractivity contribution in [1.29, 1.82) is 0 Å². The van der Waals surface area contributed by atoms with Gasteiger partial charge in [0.1, 0.15) is 10.7 Å². The molecule has 0 aromatic heterocycles. The highest BCUT2D eigenvalue weighted by Gasteiger charge is 2.25. The van der Waals surface area contributed by atoms with E-state index in [1.54, 1.807) is 13.8 Å². The minimum Gasteiger partial charge on any atom is -0.465 e. The predicted molar refractivity (Wildman–Crippen MR) is 105 cm³/mol. The van der Waals surface area contributed by atoms with E-state index in [4.69, 9.17) is 0 Å². The normalized spacial score (nSPS) is 12.1. The Kier molecular flexibility index (Phi) is 6.36. The first-order chi connectivity index (χ1) is 13.3. The van der Waals surface area contributed by atoms with Gasteiger partial charge in [0, 0.05) is 14.1 Å². The highest BCUT2D eigenvalue weighted by atomic mass is 32.2. The van der Waals surface area contributed by atoms with Crippen LogP contribution in [0.2, 0.25) is 0 Å². The van der Waals surface area contributed by atoms with Gasteiger partial charge in [-0.1, -0.05) is 0 Å². The van der Waals surface area contributed by atoms with E-state index in [-0.39, 0.29) is 16.1 Å². The number of benzene rings is 2. The van der Waals surface area contributed by atoms with Gasteiger partial charge in [0.2, 0.25) is 10.0 Å². The third kappa shape index (κ3) is 4.57. The molecule has 0 spiro atoms. The number of ether oxygens (including phenoxy) is 1. The summed E-state index contributed by atoms with van der Waals surface area (Å²) in [6, 6.07) is 5.37. The number of hydrogen-bond donors (Lipinski definition) is 1. The van der Waals surface area contributed by atoms with E-state index >= 15 is 0 Å². The van der Waals surface area contributed by atoms with E-state index in [9.17, 15) is 26.0 Å². The number of methoxy groups -OCH3 is 1. The number of nitrogens with zero attached hydrogens (tertiary/aromatic N) is 1. The molecule has 0 saturated heterocycles. The first-order valence-corrected chi connectivity index (χ1v) is 11.2. The summed E-state index contributed by atoms with van der Waals surface area (Å²) in [7, 11) is -4.49. The zero-order chi connectivity index (χ0) is 22.1. The van der Waals surface area contributed by atoms with Gasteiger partial charge in [-0.15, -0.1) is 0 Å². The van der Waals surface area contributed by atoms with Crippen LogP contribution in [0.1, 0.15) is 21.5 Å². The van der Waals surface area contributed by atoms with Crippen LogP contribution in [0.3, 0.4) is 0 Å². The van der Waals surface area contributed by atoms with Gasteiger partial charge >= 0.3 is 5.97 Å². The Morgan fingerprint density at radius 3 is 2.24 bits per heavy atom. The molecular weight excluding hydrogens is 423 g/mol. The second-order valence-corrected chi connectivity index (χ2v) is 10.2. The third-order valence-electron chi connectivity index (χ3n) is 4.31. The summed E-state index contributed by atoms with van der Waals surface area (Å²) in [6.45, 7) is 3.22. The summed E-state index contributed by atoms with van der Waals surface area (Å²) in [5, 5.41) is 0. The zero-order valence-electron chi connectivity index (χ0n) is 16.5. The maximum absolute atomic E-state index is 14.2. The summed E-state index contributed by atoms with van der Waals surface area (Å²) >= 11 is 0. The topological polar surface area (TPSA) is 110 Å². The largest absolute Gasteiger partial charge is 0.465 e. The van der Waals surface area contributed by atoms with Crippen molar-refractivity contribution in [2.75, 3.05) is 25.9 Å². The quantitative estimate of drug-likeness (QED) is 0.685. The van der Waals surface area contributed by atoms with Crippen molar-refractivity contribution < 1.29 is 30.8 Å². The number of sulfonamides is 2. The van der Waals surface area contributed by atoms with Crippen LogP contribution in [0.4, 0.5) is 10.1 Å². The summed E-state index contributed by atoms with van der Waals surface area (Å²) in [5.74, 6) is -1.90. The van der Waals surface area contributed by atoms with E-state index in [1.165, 1.54) is 20.2 Å². The predicted octanol–water partition coefficient (Wildman–Crippen LogP) is 2.28. The molecule has 0 aliphatic carbocycles. The van der Waals surface area contributed by atoms with Gasteiger partial charge in [-0.05, 0) is 55.3 Å². The van der Waals surface area contributed by atoms with Crippen LogP contribution in [0, 0.1) is 19.7 Å². The number of esters is 1. The maximum Gasteiger partial charge on any atom is 0.337 e. The molecule has 0 aliphatic heterocycles. The number of halogens is 1. The van der Waals surface area contributed by atoms with Crippen molar-refractivity contribution in [2.24, 2.45) is 0 Å². The molecule has 11 heteroatoms. The smallest absolute Gasteiger partial charge is 0.337 e. The Bertz CT molecular complexity index is 1180. The van der Waals surface area contributed by atoms with Crippen molar-refractivity contribution in [3.05, 3.63) is 52.8 Å². The second-order valence-electron chi connectivity index (χ2n) is 6.44. The molecule has 8 nitrogen and oxygen atoms in total. The van der Waals surface area contributed by atoms with Crippen molar-refractivity contribution in [1.82, 2.24) is 4.31 Å². The number of nitrogens with one attached hydrogen (secondary N) is 1. The van der Waals surface area contributed by atoms with Crippen molar-refractivity contribution >= 4 is 31.7 Å². The van der Waals surface area contributed by atoms with Crippen molar-refractivity contribution in [2.45, 2.75) is 23.6 Å². The van der Waals surface area contributed by atoms with Gasteiger partial charge in [-0.3, -0.25) is 4.72 Å². The molecule has 0 heterocycles. The molecule has 0 fully saturated rings. The van der Waals surface area contributed by atoms with E-state index < -0.39 is 36.7 Å². The summed E-state index contributed by atoms with van der Waals surface area (Å²) in [6.07, 6.45) is 0. The van der Waals surface area contributed by atoms with Crippen LogP contribution in [-0.2, 0) is 24.8 Å². The van der Waals surface area contributed by atoms with Gasteiger partial charge in [-0.2, -0.15) is 0 Å². The monoisotopic (exact) mass is 444 g/mol. The molecule has 2 aromatic carbocycles. The molecule has 158 valence electrons. The van der Waals surface area contributed by atoms with E-state index in [0.29, 0.717) is 11.1 Å². The molecular formula is C18H21FN2O6S2. The number of carbonyl (C=O) groups excluding carboxylic acids is 1. The van der Waals surface area contributed by atoms with Crippen LogP contribution >= 0.6 is 0 Å². The zero-order valence-corrected chi connectivity index (χ0v) is 18.1. The van der Waals surface area contributed by atoms with Crippen molar-refractivity contribution in [3.63, 3.8) is 0 Å². The Balaban J connectivity index is 2.59. The lowest BCUT2D eigenvalue weighted by Crippen LogP contribution is -2.23. The van der Waals surface area contributed by atoms with Crippen LogP contribution < -0.4 is 4.72 Å². The van der Waals surface area contributed by atoms with Crippen LogP contribution in [0.25, 0.3) is 0 Å². The van der Waals surface area contributed by atoms with Crippen molar-refractivity contribution in [3.8, 4) is 0 Å². The molecule has 0 atom stereocenters. The molecule has 1 N–H and O–H groups in total. The number of aryl methyl sites for hydroxylation is 1. The Morgan fingerprint density at radius 2 is 1.69 bits per heavy atom. The van der Waals surface area contributed by atoms with Gasteiger partial charge in [0.05, 0.1) is 23.3 Å². The standard InChI is InChI=1S/C18H21FN2O6S2/c1-11-8-14(29(25,26)21(3)4)10-16(12(11)2)20-28(23,24)17-9-13(18(22)27-5)6-7-15(17)19/h6-10,20H,1-5H3. The summed E-state index contributed by atoms with van der Waals surface area (Å²) in [5.41, 5.74) is 0.824. The van der Waals surface area contributed by atoms with Crippen LogP contribution in [-0.4, -0.2) is 48.3 Å². The maximum atomic E-state index is 14.2. The fraction of sp³-hybridized carbons (Fsp3) is 0.278. The molecule has 0 amide bonds. The average molecular weight is 445 g/mol. The lowest BCUT2D eigenvalue weighted by molar-refractivity contribution is 0.0600. The molecule has 2 aromatic rings. The molecule has 2 rings (SSSR count). The minimum absolute atomic E-state index is 0.0201. The summed E-state index contributed by atoms with van der Waals surface area (Å²) < 4.78 is 72.4. The third-order valence-corrected chi connectivity index (χ3v) is 7.48. The lowest BCUT2D eigenvalue weighted by atomic mass is 10.1. The SMILES string of the molecule is COC(=O)c1ccc(F)c(S(=O)(=O)Nc2cc(S(=O)(=O)N(C)C)cc(C)c2C)c1. The fourth-order valence-corrected chi connectivity index (χ4v) is 4.68. The van der Waals surface area contributed by atoms with E-state index in [2.05, 4.69) is 9.46 Å². The Labute approximate surface area is 169 Å². The summed E-state index contributed by atoms with van der Waals surface area (Å²) in [4.78, 5) is 10.8. The number of anilines is 1. The van der Waals surface area contributed by atoms with E-state index in [1.807, 2.05) is 0 Å². The second kappa shape index (κ2) is 8.09. The first-order valence-electron chi connectivity index (χ1n) is 8.25. The van der Waals surface area contributed by atoms with E-state index in [0.717, 1.165) is 35.7 Å². The van der Waals surface area contributed by atoms with Gasteiger partial charge in [0.25, 0.3) is 10.0 Å². The lowest BCUT2D eigenvalue weighted by Gasteiger charge is -2.17. The minimum atomic E-state index is -4.47. The molecule has 0 saturated carbocycles. The van der Waals surface area contributed by atoms with Gasteiger partial charge in [0.15, 0.2) is 0 Å².